The zero-order valence-corrected chi connectivity index (χ0v) is 18.3. The largest absolute Gasteiger partial charge is 0.494 e. The number of β-amino-alcohol motifs (C(OH)–C–C–N with tert-alkyl or cyclic N) is 1. The van der Waals surface area contributed by atoms with Crippen LogP contribution in [0.1, 0.15) is 31.2 Å². The molecule has 0 saturated carbocycles. The molecule has 32 heavy (non-hydrogen) atoms. The molecule has 0 unspecified atom stereocenters. The Kier molecular flexibility index (Phi) is 7.22. The number of anilines is 1. The first kappa shape index (κ1) is 22.5. The van der Waals surface area contributed by atoms with Crippen LogP contribution >= 0.6 is 0 Å². The van der Waals surface area contributed by atoms with Gasteiger partial charge >= 0.3 is 0 Å². The predicted molar refractivity (Wildman–Crippen MR) is 120 cm³/mol. The summed E-state index contributed by atoms with van der Waals surface area (Å²) in [4.78, 5) is 19.6. The van der Waals surface area contributed by atoms with Crippen LogP contribution in [0.3, 0.4) is 0 Å². The summed E-state index contributed by atoms with van der Waals surface area (Å²) >= 11 is 0. The van der Waals surface area contributed by atoms with Gasteiger partial charge in [-0.1, -0.05) is 12.1 Å². The van der Waals surface area contributed by atoms with E-state index in [1.54, 1.807) is 6.07 Å². The molecule has 4 rings (SSSR count). The van der Waals surface area contributed by atoms with E-state index in [4.69, 9.17) is 4.74 Å². The second-order valence-electron chi connectivity index (χ2n) is 8.66. The number of ether oxygens (including phenoxy) is 1. The Morgan fingerprint density at radius 2 is 2.03 bits per heavy atom. The molecular weight excluding hydrogens is 411 g/mol. The summed E-state index contributed by atoms with van der Waals surface area (Å²) < 4.78 is 18.9. The maximum Gasteiger partial charge on any atom is 0.222 e. The SMILES string of the molecule is O=C1CCCN1CCCOc1ccc(CNC[C@@]2(O)CCN(c3ccc(F)cn3)C2)cc1. The number of benzene rings is 1. The van der Waals surface area contributed by atoms with Gasteiger partial charge in [0.2, 0.25) is 5.91 Å². The first-order valence-corrected chi connectivity index (χ1v) is 11.3. The third kappa shape index (κ3) is 5.95. The first-order valence-electron chi connectivity index (χ1n) is 11.3. The minimum atomic E-state index is -0.837. The minimum Gasteiger partial charge on any atom is -0.494 e. The Morgan fingerprint density at radius 3 is 2.75 bits per heavy atom. The number of carbonyl (C=O) groups is 1. The smallest absolute Gasteiger partial charge is 0.222 e. The quantitative estimate of drug-likeness (QED) is 0.550. The highest BCUT2D eigenvalue weighted by Crippen LogP contribution is 2.25. The van der Waals surface area contributed by atoms with E-state index >= 15 is 0 Å². The molecule has 2 fully saturated rings. The fourth-order valence-electron chi connectivity index (χ4n) is 4.28. The van der Waals surface area contributed by atoms with Crippen molar-refractivity contribution in [3.8, 4) is 5.75 Å². The van der Waals surface area contributed by atoms with E-state index in [1.807, 2.05) is 34.1 Å². The molecule has 0 radical (unpaired) electrons. The highest BCUT2D eigenvalue weighted by Gasteiger charge is 2.36. The van der Waals surface area contributed by atoms with Crippen LogP contribution in [-0.2, 0) is 11.3 Å². The molecule has 2 saturated heterocycles. The number of rotatable bonds is 10. The van der Waals surface area contributed by atoms with Gasteiger partial charge in [-0.25, -0.2) is 9.37 Å². The second kappa shape index (κ2) is 10.3. The molecule has 7 nitrogen and oxygen atoms in total. The summed E-state index contributed by atoms with van der Waals surface area (Å²) in [6.45, 7) is 4.50. The Morgan fingerprint density at radius 1 is 1.19 bits per heavy atom. The molecule has 172 valence electrons. The van der Waals surface area contributed by atoms with Gasteiger partial charge in [0.25, 0.3) is 0 Å². The summed E-state index contributed by atoms with van der Waals surface area (Å²) in [5, 5.41) is 14.2. The van der Waals surface area contributed by atoms with Crippen LogP contribution in [0.25, 0.3) is 0 Å². The molecule has 2 aromatic rings. The third-order valence-electron chi connectivity index (χ3n) is 6.09. The fourth-order valence-corrected chi connectivity index (χ4v) is 4.28. The van der Waals surface area contributed by atoms with Crippen molar-refractivity contribution in [3.63, 3.8) is 0 Å². The van der Waals surface area contributed by atoms with Gasteiger partial charge in [0.15, 0.2) is 0 Å². The lowest BCUT2D eigenvalue weighted by molar-refractivity contribution is -0.127. The van der Waals surface area contributed by atoms with Crippen molar-refractivity contribution >= 4 is 11.7 Å². The normalized spacial score (nSPS) is 20.9. The molecule has 1 aromatic heterocycles. The van der Waals surface area contributed by atoms with Gasteiger partial charge in [0, 0.05) is 45.7 Å². The van der Waals surface area contributed by atoms with E-state index in [-0.39, 0.29) is 11.7 Å². The molecule has 0 bridgehead atoms. The average molecular weight is 443 g/mol. The number of carbonyl (C=O) groups excluding carboxylic acids is 1. The molecule has 0 spiro atoms. The zero-order valence-electron chi connectivity index (χ0n) is 18.3. The molecular formula is C24H31FN4O3. The van der Waals surface area contributed by atoms with Crippen LogP contribution in [0.5, 0.6) is 5.75 Å². The number of hydrogen-bond donors (Lipinski definition) is 2. The summed E-state index contributed by atoms with van der Waals surface area (Å²) in [6.07, 6.45) is 4.31. The highest BCUT2D eigenvalue weighted by atomic mass is 19.1. The first-order chi connectivity index (χ1) is 15.5. The molecule has 0 aliphatic carbocycles. The molecule has 2 aliphatic rings. The summed E-state index contributed by atoms with van der Waals surface area (Å²) in [5.41, 5.74) is 0.272. The topological polar surface area (TPSA) is 77.9 Å². The van der Waals surface area contributed by atoms with E-state index < -0.39 is 5.60 Å². The number of halogens is 1. The Balaban J connectivity index is 1.15. The second-order valence-corrected chi connectivity index (χ2v) is 8.66. The predicted octanol–water partition coefficient (Wildman–Crippen LogP) is 2.34. The molecule has 1 amide bonds. The number of aliphatic hydroxyl groups is 1. The fraction of sp³-hybridized carbons (Fsp3) is 0.500. The standard InChI is InChI=1S/C24H31FN4O3/c25-20-6-9-22(27-16-20)29-13-10-24(31,18-29)17-26-15-19-4-7-21(8-5-19)32-14-2-12-28-11-1-3-23(28)30/h4-9,16,26,31H,1-3,10-15,17-18H2/t24-/m0/s1. The van der Waals surface area contributed by atoms with Crippen molar-refractivity contribution in [1.82, 2.24) is 15.2 Å². The Bertz CT molecular complexity index is 893. The molecule has 2 N–H and O–H groups in total. The van der Waals surface area contributed by atoms with Gasteiger partial charge in [-0.05, 0) is 49.1 Å². The minimum absolute atomic E-state index is 0.254. The van der Waals surface area contributed by atoms with Crippen LogP contribution in [0.2, 0.25) is 0 Å². The van der Waals surface area contributed by atoms with Crippen LogP contribution in [0, 0.1) is 5.82 Å². The number of nitrogens with zero attached hydrogens (tertiary/aromatic N) is 3. The van der Waals surface area contributed by atoms with Crippen molar-refractivity contribution < 1.29 is 19.0 Å². The van der Waals surface area contributed by atoms with Gasteiger partial charge in [0.05, 0.1) is 18.4 Å². The average Bonchev–Trinajstić information content (AvgIpc) is 3.38. The monoisotopic (exact) mass is 442 g/mol. The van der Waals surface area contributed by atoms with Gasteiger partial charge in [-0.15, -0.1) is 0 Å². The van der Waals surface area contributed by atoms with Crippen LogP contribution < -0.4 is 15.0 Å². The van der Waals surface area contributed by atoms with E-state index in [0.717, 1.165) is 37.2 Å². The van der Waals surface area contributed by atoms with Crippen LogP contribution in [0.4, 0.5) is 10.2 Å². The summed E-state index contributed by atoms with van der Waals surface area (Å²) in [5.74, 6) is 1.40. The number of likely N-dealkylation sites (tertiary alicyclic amines) is 1. The summed E-state index contributed by atoms with van der Waals surface area (Å²) in [7, 11) is 0. The number of nitrogens with one attached hydrogen (secondary N) is 1. The van der Waals surface area contributed by atoms with Crippen molar-refractivity contribution in [1.29, 1.82) is 0 Å². The zero-order chi connectivity index (χ0) is 22.4. The summed E-state index contributed by atoms with van der Waals surface area (Å²) in [6, 6.07) is 11.0. The van der Waals surface area contributed by atoms with Gasteiger partial charge in [0.1, 0.15) is 17.4 Å². The number of hydrogen-bond acceptors (Lipinski definition) is 6. The van der Waals surface area contributed by atoms with E-state index in [2.05, 4.69) is 10.3 Å². The molecule has 2 aliphatic heterocycles. The van der Waals surface area contributed by atoms with Gasteiger partial charge in [-0.2, -0.15) is 0 Å². The van der Waals surface area contributed by atoms with Crippen molar-refractivity contribution in [2.45, 2.75) is 37.8 Å². The third-order valence-corrected chi connectivity index (χ3v) is 6.09. The highest BCUT2D eigenvalue weighted by molar-refractivity contribution is 5.77. The van der Waals surface area contributed by atoms with E-state index in [9.17, 15) is 14.3 Å². The van der Waals surface area contributed by atoms with Crippen molar-refractivity contribution in [3.05, 3.63) is 54.0 Å². The van der Waals surface area contributed by atoms with Crippen LogP contribution in [-0.4, -0.2) is 65.8 Å². The van der Waals surface area contributed by atoms with Crippen molar-refractivity contribution in [2.75, 3.05) is 44.2 Å². The molecule has 1 aromatic carbocycles. The van der Waals surface area contributed by atoms with Crippen molar-refractivity contribution in [2.24, 2.45) is 0 Å². The maximum atomic E-state index is 13.1. The number of aromatic nitrogens is 1. The van der Waals surface area contributed by atoms with E-state index in [1.165, 1.54) is 12.3 Å². The van der Waals surface area contributed by atoms with Gasteiger partial charge < -0.3 is 25.0 Å². The lowest BCUT2D eigenvalue weighted by atomic mass is 10.0. The molecule has 8 heteroatoms. The lowest BCUT2D eigenvalue weighted by Crippen LogP contribution is -2.43. The van der Waals surface area contributed by atoms with Crippen LogP contribution in [0.15, 0.2) is 42.6 Å². The number of amides is 1. The van der Waals surface area contributed by atoms with Gasteiger partial charge in [-0.3, -0.25) is 4.79 Å². The Labute approximate surface area is 188 Å². The Hall–Kier alpha value is -2.71. The molecule has 3 heterocycles. The number of pyridine rings is 1. The maximum absolute atomic E-state index is 13.1. The lowest BCUT2D eigenvalue weighted by Gasteiger charge is -2.24. The van der Waals surface area contributed by atoms with E-state index in [0.29, 0.717) is 51.4 Å². The molecule has 1 atom stereocenters.